The van der Waals surface area contributed by atoms with Crippen molar-refractivity contribution < 1.29 is 9.59 Å². The van der Waals surface area contributed by atoms with E-state index in [0.717, 1.165) is 12.0 Å². The molecule has 20 heavy (non-hydrogen) atoms. The highest BCUT2D eigenvalue weighted by molar-refractivity contribution is 5.93. The van der Waals surface area contributed by atoms with Gasteiger partial charge in [-0.2, -0.15) is 0 Å². The molecule has 1 heterocycles. The average molecular weight is 277 g/mol. The summed E-state index contributed by atoms with van der Waals surface area (Å²) in [5.74, 6) is 0.553. The second-order valence-electron chi connectivity index (χ2n) is 5.17. The maximum absolute atomic E-state index is 11.7. The van der Waals surface area contributed by atoms with Gasteiger partial charge >= 0.3 is 0 Å². The van der Waals surface area contributed by atoms with E-state index in [-0.39, 0.29) is 17.6 Å². The van der Waals surface area contributed by atoms with Gasteiger partial charge in [0.2, 0.25) is 5.91 Å². The zero-order valence-electron chi connectivity index (χ0n) is 12.3. The molecule has 3 N–H and O–H groups in total. The second kappa shape index (κ2) is 7.75. The quantitative estimate of drug-likeness (QED) is 0.800. The van der Waals surface area contributed by atoms with Gasteiger partial charge in [0.15, 0.2) is 0 Å². The number of hydrogen-bond acceptors (Lipinski definition) is 4. The number of nitrogens with zero attached hydrogens (tertiary/aromatic N) is 1. The molecule has 0 spiro atoms. The number of carbonyl (C=O) groups is 2. The standard InChI is InChI=1S/C15H23N3O2/c1-4-5-13(16)15(20)18-14-7-6-12(9-17-14)10(2)8-11(3)19/h6-7,9-10,13H,4-5,8,16H2,1-3H3,(H,17,18,20). The van der Waals surface area contributed by atoms with Crippen molar-refractivity contribution in [3.05, 3.63) is 23.9 Å². The molecule has 0 bridgehead atoms. The molecular weight excluding hydrogens is 254 g/mol. The first kappa shape index (κ1) is 16.3. The maximum atomic E-state index is 11.7. The highest BCUT2D eigenvalue weighted by Gasteiger charge is 2.13. The van der Waals surface area contributed by atoms with Crippen LogP contribution in [0.3, 0.4) is 0 Å². The number of aromatic nitrogens is 1. The van der Waals surface area contributed by atoms with Crippen molar-refractivity contribution in [2.75, 3.05) is 5.32 Å². The number of anilines is 1. The smallest absolute Gasteiger partial charge is 0.242 e. The molecule has 110 valence electrons. The first-order valence-electron chi connectivity index (χ1n) is 6.95. The molecule has 2 unspecified atom stereocenters. The average Bonchev–Trinajstić information content (AvgIpc) is 2.39. The molecule has 0 aliphatic heterocycles. The molecule has 1 amide bonds. The van der Waals surface area contributed by atoms with Crippen LogP contribution >= 0.6 is 0 Å². The summed E-state index contributed by atoms with van der Waals surface area (Å²) in [6.07, 6.45) is 3.70. The van der Waals surface area contributed by atoms with Crippen LogP contribution in [-0.4, -0.2) is 22.7 Å². The van der Waals surface area contributed by atoms with Crippen molar-refractivity contribution in [2.24, 2.45) is 5.73 Å². The summed E-state index contributed by atoms with van der Waals surface area (Å²) in [4.78, 5) is 27.0. The third-order valence-corrected chi connectivity index (χ3v) is 3.14. The molecule has 0 fully saturated rings. The predicted molar refractivity (Wildman–Crippen MR) is 79.5 cm³/mol. The Labute approximate surface area is 120 Å². The number of amides is 1. The van der Waals surface area contributed by atoms with Crippen LogP contribution < -0.4 is 11.1 Å². The van der Waals surface area contributed by atoms with E-state index in [1.165, 1.54) is 0 Å². The molecule has 2 atom stereocenters. The van der Waals surface area contributed by atoms with Crippen molar-refractivity contribution in [1.29, 1.82) is 0 Å². The van der Waals surface area contributed by atoms with E-state index in [9.17, 15) is 9.59 Å². The van der Waals surface area contributed by atoms with Crippen LogP contribution in [0.2, 0.25) is 0 Å². The Hall–Kier alpha value is -1.75. The number of Topliss-reactive ketones (excluding diaryl/α,β-unsaturated/α-hetero) is 1. The van der Waals surface area contributed by atoms with Gasteiger partial charge < -0.3 is 15.8 Å². The van der Waals surface area contributed by atoms with E-state index in [2.05, 4.69) is 10.3 Å². The Bertz CT molecular complexity index is 457. The van der Waals surface area contributed by atoms with E-state index < -0.39 is 6.04 Å². The predicted octanol–water partition coefficient (Wildman–Crippen LogP) is 2.23. The summed E-state index contributed by atoms with van der Waals surface area (Å²) in [7, 11) is 0. The molecule has 1 aromatic rings. The molecular formula is C15H23N3O2. The number of pyridine rings is 1. The molecule has 0 saturated carbocycles. The van der Waals surface area contributed by atoms with Crippen molar-refractivity contribution in [3.8, 4) is 0 Å². The Morgan fingerprint density at radius 2 is 2.10 bits per heavy atom. The lowest BCUT2D eigenvalue weighted by Gasteiger charge is -2.12. The van der Waals surface area contributed by atoms with Gasteiger partial charge in [-0.25, -0.2) is 4.98 Å². The van der Waals surface area contributed by atoms with E-state index in [4.69, 9.17) is 5.73 Å². The van der Waals surface area contributed by atoms with Crippen molar-refractivity contribution in [1.82, 2.24) is 4.98 Å². The van der Waals surface area contributed by atoms with Crippen molar-refractivity contribution in [3.63, 3.8) is 0 Å². The lowest BCUT2D eigenvalue weighted by atomic mass is 9.98. The number of nitrogens with one attached hydrogen (secondary N) is 1. The van der Waals surface area contributed by atoms with Crippen LogP contribution in [0.4, 0.5) is 5.82 Å². The van der Waals surface area contributed by atoms with E-state index in [0.29, 0.717) is 18.7 Å². The van der Waals surface area contributed by atoms with Crippen LogP contribution in [-0.2, 0) is 9.59 Å². The molecule has 0 aliphatic carbocycles. The van der Waals surface area contributed by atoms with Crippen molar-refractivity contribution >= 4 is 17.5 Å². The van der Waals surface area contributed by atoms with Crippen LogP contribution in [0, 0.1) is 0 Å². The molecule has 0 saturated heterocycles. The summed E-state index contributed by atoms with van der Waals surface area (Å²) >= 11 is 0. The number of carbonyl (C=O) groups excluding carboxylic acids is 2. The molecule has 1 aromatic heterocycles. The lowest BCUT2D eigenvalue weighted by Crippen LogP contribution is -2.35. The van der Waals surface area contributed by atoms with Crippen molar-refractivity contribution in [2.45, 2.75) is 52.0 Å². The summed E-state index contributed by atoms with van der Waals surface area (Å²) in [5.41, 5.74) is 6.71. The Kier molecular flexibility index (Phi) is 6.31. The van der Waals surface area contributed by atoms with Gasteiger partial charge in [0, 0.05) is 12.6 Å². The summed E-state index contributed by atoms with van der Waals surface area (Å²) in [6.45, 7) is 5.54. The monoisotopic (exact) mass is 277 g/mol. The summed E-state index contributed by atoms with van der Waals surface area (Å²) < 4.78 is 0. The lowest BCUT2D eigenvalue weighted by molar-refractivity contribution is -0.118. The highest BCUT2D eigenvalue weighted by atomic mass is 16.2. The van der Waals surface area contributed by atoms with Gasteiger partial charge in [0.1, 0.15) is 11.6 Å². The van der Waals surface area contributed by atoms with Gasteiger partial charge in [-0.05, 0) is 30.9 Å². The molecule has 0 radical (unpaired) electrons. The Balaban J connectivity index is 2.62. The SMILES string of the molecule is CCCC(N)C(=O)Nc1ccc(C(C)CC(C)=O)cn1. The second-order valence-corrected chi connectivity index (χ2v) is 5.17. The molecule has 5 heteroatoms. The molecule has 0 aliphatic rings. The van der Waals surface area contributed by atoms with Crippen LogP contribution in [0.5, 0.6) is 0 Å². The number of rotatable bonds is 7. The van der Waals surface area contributed by atoms with Crippen LogP contribution in [0.15, 0.2) is 18.3 Å². The van der Waals surface area contributed by atoms with Crippen LogP contribution in [0.25, 0.3) is 0 Å². The fraction of sp³-hybridized carbons (Fsp3) is 0.533. The number of hydrogen-bond donors (Lipinski definition) is 2. The molecule has 1 rings (SSSR count). The van der Waals surface area contributed by atoms with E-state index in [1.54, 1.807) is 19.2 Å². The first-order valence-corrected chi connectivity index (χ1v) is 6.95. The van der Waals surface area contributed by atoms with Crippen LogP contribution in [0.1, 0.15) is 51.5 Å². The Morgan fingerprint density at radius 1 is 1.40 bits per heavy atom. The molecule has 0 aromatic carbocycles. The summed E-state index contributed by atoms with van der Waals surface area (Å²) in [5, 5.41) is 2.69. The molecule has 5 nitrogen and oxygen atoms in total. The van der Waals surface area contributed by atoms with Gasteiger partial charge in [0.05, 0.1) is 6.04 Å². The Morgan fingerprint density at radius 3 is 2.60 bits per heavy atom. The third kappa shape index (κ3) is 5.09. The number of nitrogens with two attached hydrogens (primary N) is 1. The minimum absolute atomic E-state index is 0.132. The zero-order valence-corrected chi connectivity index (χ0v) is 12.3. The largest absolute Gasteiger partial charge is 0.320 e. The zero-order chi connectivity index (χ0) is 15.1. The fourth-order valence-electron chi connectivity index (χ4n) is 1.98. The third-order valence-electron chi connectivity index (χ3n) is 3.14. The minimum Gasteiger partial charge on any atom is -0.320 e. The first-order chi connectivity index (χ1) is 9.43. The van der Waals surface area contributed by atoms with Gasteiger partial charge in [0.25, 0.3) is 0 Å². The number of ketones is 1. The van der Waals surface area contributed by atoms with Gasteiger partial charge in [-0.3, -0.25) is 4.79 Å². The highest BCUT2D eigenvalue weighted by Crippen LogP contribution is 2.19. The fourth-order valence-corrected chi connectivity index (χ4v) is 1.98. The minimum atomic E-state index is -0.502. The maximum Gasteiger partial charge on any atom is 0.242 e. The summed E-state index contributed by atoms with van der Waals surface area (Å²) in [6, 6.07) is 3.11. The van der Waals surface area contributed by atoms with E-state index >= 15 is 0 Å². The van der Waals surface area contributed by atoms with Gasteiger partial charge in [-0.15, -0.1) is 0 Å². The topological polar surface area (TPSA) is 85.1 Å². The normalized spacial score (nSPS) is 13.6. The van der Waals surface area contributed by atoms with Gasteiger partial charge in [-0.1, -0.05) is 26.3 Å². The van der Waals surface area contributed by atoms with E-state index in [1.807, 2.05) is 19.9 Å².